The van der Waals surface area contributed by atoms with E-state index >= 15 is 0 Å². The number of alkyl halides is 1. The summed E-state index contributed by atoms with van der Waals surface area (Å²) in [5.74, 6) is 0.918. The zero-order chi connectivity index (χ0) is 11.3. The maximum absolute atomic E-state index is 13.3. The Kier molecular flexibility index (Phi) is 4.82. The highest BCUT2D eigenvalue weighted by Gasteiger charge is 2.12. The topological polar surface area (TPSA) is 24.9 Å². The molecule has 0 aliphatic carbocycles. The molecule has 0 aromatic carbocycles. The molecule has 1 heterocycles. The highest BCUT2D eigenvalue weighted by atomic mass is 35.5. The minimum Gasteiger partial charge on any atom is -0.364 e. The van der Waals surface area contributed by atoms with E-state index in [0.717, 1.165) is 6.42 Å². The van der Waals surface area contributed by atoms with Crippen LogP contribution in [0.2, 0.25) is 0 Å². The Morgan fingerprint density at radius 1 is 1.53 bits per heavy atom. The van der Waals surface area contributed by atoms with Gasteiger partial charge < -0.3 is 5.32 Å². The summed E-state index contributed by atoms with van der Waals surface area (Å²) in [5.41, 5.74) is 0. The lowest BCUT2D eigenvalue weighted by Gasteiger charge is -2.18. The molecule has 1 aromatic heterocycles. The highest BCUT2D eigenvalue weighted by Crippen LogP contribution is 2.14. The summed E-state index contributed by atoms with van der Waals surface area (Å²) < 4.78 is 13.3. The number of aromatic nitrogens is 1. The lowest BCUT2D eigenvalue weighted by molar-refractivity contribution is 0.536. The van der Waals surface area contributed by atoms with E-state index < -0.39 is 0 Å². The number of nitrogens with one attached hydrogen (secondary N) is 1. The minimum absolute atomic E-state index is 0.0658. The van der Waals surface area contributed by atoms with Crippen LogP contribution in [0.15, 0.2) is 18.3 Å². The summed E-state index contributed by atoms with van der Waals surface area (Å²) in [6, 6.07) is 3.02. The number of anilines is 1. The Hall–Kier alpha value is -0.830. The molecular weight excluding hydrogens is 215 g/mol. The number of halogens is 2. The van der Waals surface area contributed by atoms with E-state index in [4.69, 9.17) is 11.6 Å². The summed E-state index contributed by atoms with van der Waals surface area (Å²) in [4.78, 5) is 3.93. The second-order valence-corrected chi connectivity index (χ2v) is 4.27. The van der Waals surface area contributed by atoms with Crippen molar-refractivity contribution >= 4 is 17.4 Å². The zero-order valence-electron chi connectivity index (χ0n) is 9.00. The summed E-state index contributed by atoms with van der Waals surface area (Å²) in [6.07, 6.45) is 2.46. The first-order valence-corrected chi connectivity index (χ1v) is 5.60. The first-order valence-electron chi connectivity index (χ1n) is 5.06. The summed E-state index contributed by atoms with van der Waals surface area (Å²) in [6.45, 7) is 4.21. The Morgan fingerprint density at radius 3 is 2.80 bits per heavy atom. The summed E-state index contributed by atoms with van der Waals surface area (Å²) in [5, 5.41) is 3.01. The fraction of sp³-hybridized carbons (Fsp3) is 0.545. The number of hydrogen-bond donors (Lipinski definition) is 1. The molecule has 1 unspecified atom stereocenters. The van der Waals surface area contributed by atoms with Gasteiger partial charge in [-0.1, -0.05) is 13.8 Å². The SMILES string of the molecule is CC(C)CC(CCl)Nc1ncccc1F. The molecule has 84 valence electrons. The van der Waals surface area contributed by atoms with Crippen molar-refractivity contribution in [2.24, 2.45) is 5.92 Å². The molecule has 0 aliphatic heterocycles. The van der Waals surface area contributed by atoms with Crippen molar-refractivity contribution in [3.05, 3.63) is 24.1 Å². The second-order valence-electron chi connectivity index (χ2n) is 3.96. The zero-order valence-corrected chi connectivity index (χ0v) is 9.76. The predicted octanol–water partition coefficient (Wildman–Crippen LogP) is 3.29. The molecule has 0 amide bonds. The molecule has 0 radical (unpaired) electrons. The third-order valence-corrected chi connectivity index (χ3v) is 2.41. The van der Waals surface area contributed by atoms with E-state index in [1.165, 1.54) is 6.07 Å². The van der Waals surface area contributed by atoms with Crippen molar-refractivity contribution in [1.29, 1.82) is 0 Å². The van der Waals surface area contributed by atoms with Crippen LogP contribution in [0.4, 0.5) is 10.2 Å². The Morgan fingerprint density at radius 2 is 2.27 bits per heavy atom. The molecule has 0 bridgehead atoms. The van der Waals surface area contributed by atoms with Crippen molar-refractivity contribution in [3.8, 4) is 0 Å². The van der Waals surface area contributed by atoms with Gasteiger partial charge in [-0.05, 0) is 24.5 Å². The van der Waals surface area contributed by atoms with Gasteiger partial charge in [0.1, 0.15) is 0 Å². The Bertz CT molecular complexity index is 304. The Labute approximate surface area is 94.9 Å². The number of pyridine rings is 1. The van der Waals surface area contributed by atoms with E-state index in [-0.39, 0.29) is 17.7 Å². The molecule has 0 aliphatic rings. The molecule has 1 rings (SSSR count). The molecule has 0 saturated carbocycles. The van der Waals surface area contributed by atoms with Crippen LogP contribution in [0.5, 0.6) is 0 Å². The molecule has 1 N–H and O–H groups in total. The fourth-order valence-electron chi connectivity index (χ4n) is 1.41. The highest BCUT2D eigenvalue weighted by molar-refractivity contribution is 6.18. The van der Waals surface area contributed by atoms with Crippen LogP contribution in [0, 0.1) is 11.7 Å². The normalized spacial score (nSPS) is 12.9. The third kappa shape index (κ3) is 4.04. The number of hydrogen-bond acceptors (Lipinski definition) is 2. The molecule has 15 heavy (non-hydrogen) atoms. The van der Waals surface area contributed by atoms with Gasteiger partial charge in [-0.25, -0.2) is 9.37 Å². The molecule has 1 atom stereocenters. The largest absolute Gasteiger partial charge is 0.364 e. The standard InChI is InChI=1S/C11H16ClFN2/c1-8(2)6-9(7-12)15-11-10(13)4-3-5-14-11/h3-5,8-9H,6-7H2,1-2H3,(H,14,15). The lowest BCUT2D eigenvalue weighted by Crippen LogP contribution is -2.24. The first-order chi connectivity index (χ1) is 7.13. The van der Waals surface area contributed by atoms with Gasteiger partial charge in [-0.3, -0.25) is 0 Å². The monoisotopic (exact) mass is 230 g/mol. The van der Waals surface area contributed by atoms with Gasteiger partial charge >= 0.3 is 0 Å². The van der Waals surface area contributed by atoms with Crippen LogP contribution in [0.3, 0.4) is 0 Å². The van der Waals surface area contributed by atoms with E-state index in [0.29, 0.717) is 11.8 Å². The molecule has 1 aromatic rings. The molecule has 0 fully saturated rings. The van der Waals surface area contributed by atoms with Crippen LogP contribution >= 0.6 is 11.6 Å². The third-order valence-electron chi connectivity index (χ3n) is 2.04. The Balaban J connectivity index is 2.62. The van der Waals surface area contributed by atoms with Crippen LogP contribution in [0.25, 0.3) is 0 Å². The van der Waals surface area contributed by atoms with Crippen LogP contribution < -0.4 is 5.32 Å². The molecular formula is C11H16ClFN2. The number of rotatable bonds is 5. The van der Waals surface area contributed by atoms with Crippen molar-refractivity contribution < 1.29 is 4.39 Å². The maximum Gasteiger partial charge on any atom is 0.165 e. The number of nitrogens with zero attached hydrogens (tertiary/aromatic N) is 1. The van der Waals surface area contributed by atoms with Gasteiger partial charge in [-0.2, -0.15) is 0 Å². The van der Waals surface area contributed by atoms with Crippen LogP contribution in [-0.4, -0.2) is 16.9 Å². The van der Waals surface area contributed by atoms with Gasteiger partial charge in [0.05, 0.1) is 0 Å². The van der Waals surface area contributed by atoms with E-state index in [1.54, 1.807) is 12.3 Å². The van der Waals surface area contributed by atoms with Gasteiger partial charge in [0, 0.05) is 18.1 Å². The van der Waals surface area contributed by atoms with Crippen molar-refractivity contribution in [1.82, 2.24) is 4.98 Å². The predicted molar refractivity (Wildman–Crippen MR) is 61.8 cm³/mol. The van der Waals surface area contributed by atoms with Gasteiger partial charge in [0.2, 0.25) is 0 Å². The second kappa shape index (κ2) is 5.91. The van der Waals surface area contributed by atoms with Crippen molar-refractivity contribution in [2.45, 2.75) is 26.3 Å². The molecule has 0 saturated heterocycles. The lowest BCUT2D eigenvalue weighted by atomic mass is 10.1. The van der Waals surface area contributed by atoms with Crippen molar-refractivity contribution in [2.75, 3.05) is 11.2 Å². The van der Waals surface area contributed by atoms with Gasteiger partial charge in [-0.15, -0.1) is 11.6 Å². The van der Waals surface area contributed by atoms with Gasteiger partial charge in [0.25, 0.3) is 0 Å². The molecule has 0 spiro atoms. The summed E-state index contributed by atoms with van der Waals surface area (Å²) >= 11 is 5.80. The average Bonchev–Trinajstić information content (AvgIpc) is 2.19. The van der Waals surface area contributed by atoms with Crippen molar-refractivity contribution in [3.63, 3.8) is 0 Å². The first kappa shape index (κ1) is 12.2. The smallest absolute Gasteiger partial charge is 0.165 e. The van der Waals surface area contributed by atoms with E-state index in [9.17, 15) is 4.39 Å². The summed E-state index contributed by atoms with van der Waals surface area (Å²) in [7, 11) is 0. The molecule has 2 nitrogen and oxygen atoms in total. The van der Waals surface area contributed by atoms with Crippen LogP contribution in [-0.2, 0) is 0 Å². The fourth-order valence-corrected chi connectivity index (χ4v) is 1.62. The maximum atomic E-state index is 13.3. The average molecular weight is 231 g/mol. The molecule has 4 heteroatoms. The minimum atomic E-state index is -0.337. The van der Waals surface area contributed by atoms with E-state index in [1.807, 2.05) is 0 Å². The van der Waals surface area contributed by atoms with E-state index in [2.05, 4.69) is 24.1 Å². The quantitative estimate of drug-likeness (QED) is 0.786. The van der Waals surface area contributed by atoms with Crippen LogP contribution in [0.1, 0.15) is 20.3 Å². The van der Waals surface area contributed by atoms with Gasteiger partial charge in [0.15, 0.2) is 11.6 Å².